The fourth-order valence-electron chi connectivity index (χ4n) is 3.58. The molecule has 1 aliphatic rings. The van der Waals surface area contributed by atoms with Crippen LogP contribution in [0, 0.1) is 0 Å². The van der Waals surface area contributed by atoms with Gasteiger partial charge in [-0.05, 0) is 52.0 Å². The van der Waals surface area contributed by atoms with Crippen LogP contribution in [0.4, 0.5) is 0 Å². The van der Waals surface area contributed by atoms with Gasteiger partial charge in [0.1, 0.15) is 18.1 Å². The van der Waals surface area contributed by atoms with Crippen LogP contribution in [0.2, 0.25) is 0 Å². The number of carbonyl (C=O) groups excluding carboxylic acids is 3. The van der Waals surface area contributed by atoms with Crippen molar-refractivity contribution >= 4 is 29.7 Å². The van der Waals surface area contributed by atoms with Crippen molar-refractivity contribution in [1.82, 2.24) is 15.5 Å². The first-order valence-electron chi connectivity index (χ1n) is 11.2. The standard InChI is InChI=1S/C20H38N8O5/c1-12(16(29)27-14(19(32)33)7-4-10-25-20(23)24)26-17(30)15-8-5-11-28(15)18(31)13(22)6-2-3-9-21/h12-15H,2-11,21-22H2,1H3,(H,26,30)(H,27,29)(H,32,33)(H4,23,24,25)/t12-,13-,14-,15-/m0/s1. The van der Waals surface area contributed by atoms with Crippen LogP contribution in [0.5, 0.6) is 0 Å². The van der Waals surface area contributed by atoms with Gasteiger partial charge in [0, 0.05) is 13.1 Å². The molecule has 13 nitrogen and oxygen atoms in total. The average Bonchev–Trinajstić information content (AvgIpc) is 3.24. The van der Waals surface area contributed by atoms with Gasteiger partial charge in [0.25, 0.3) is 0 Å². The summed E-state index contributed by atoms with van der Waals surface area (Å²) in [6, 6.07) is -3.57. The van der Waals surface area contributed by atoms with Crippen molar-refractivity contribution in [2.24, 2.45) is 27.9 Å². The van der Waals surface area contributed by atoms with Crippen molar-refractivity contribution in [3.63, 3.8) is 0 Å². The highest BCUT2D eigenvalue weighted by Gasteiger charge is 2.37. The van der Waals surface area contributed by atoms with E-state index in [4.69, 9.17) is 22.9 Å². The molecular weight excluding hydrogens is 432 g/mol. The highest BCUT2D eigenvalue weighted by Crippen LogP contribution is 2.19. The summed E-state index contributed by atoms with van der Waals surface area (Å²) >= 11 is 0. The van der Waals surface area contributed by atoms with E-state index in [1.807, 2.05) is 0 Å². The molecule has 0 spiro atoms. The van der Waals surface area contributed by atoms with Crippen molar-refractivity contribution in [2.45, 2.75) is 76.0 Å². The first-order chi connectivity index (χ1) is 15.6. The lowest BCUT2D eigenvalue weighted by Crippen LogP contribution is -2.55. The molecule has 0 radical (unpaired) electrons. The lowest BCUT2D eigenvalue weighted by molar-refractivity contribution is -0.143. The molecule has 33 heavy (non-hydrogen) atoms. The van der Waals surface area contributed by atoms with Gasteiger partial charge in [-0.25, -0.2) is 4.79 Å². The van der Waals surface area contributed by atoms with Gasteiger partial charge in [-0.1, -0.05) is 6.42 Å². The molecule has 1 rings (SSSR count). The molecule has 0 aromatic heterocycles. The zero-order valence-electron chi connectivity index (χ0n) is 19.2. The van der Waals surface area contributed by atoms with E-state index in [1.165, 1.54) is 11.8 Å². The molecule has 188 valence electrons. The molecule has 1 aliphatic heterocycles. The Hall–Kier alpha value is -2.93. The van der Waals surface area contributed by atoms with Gasteiger partial charge in [0.2, 0.25) is 17.7 Å². The van der Waals surface area contributed by atoms with Gasteiger partial charge in [-0.2, -0.15) is 0 Å². The van der Waals surface area contributed by atoms with Gasteiger partial charge in [-0.3, -0.25) is 19.4 Å². The van der Waals surface area contributed by atoms with E-state index in [0.29, 0.717) is 38.8 Å². The second kappa shape index (κ2) is 14.3. The molecule has 0 unspecified atom stereocenters. The fraction of sp³-hybridized carbons (Fsp3) is 0.750. The average molecular weight is 471 g/mol. The molecular formula is C20H38N8O5. The van der Waals surface area contributed by atoms with Crippen LogP contribution in [-0.4, -0.2) is 83.5 Å². The molecule has 1 fully saturated rings. The van der Waals surface area contributed by atoms with Gasteiger partial charge in [-0.15, -0.1) is 0 Å². The maximum Gasteiger partial charge on any atom is 0.326 e. The molecule has 13 heteroatoms. The number of likely N-dealkylation sites (tertiary alicyclic amines) is 1. The van der Waals surface area contributed by atoms with Crippen molar-refractivity contribution < 1.29 is 24.3 Å². The third-order valence-electron chi connectivity index (χ3n) is 5.44. The molecule has 1 saturated heterocycles. The Balaban J connectivity index is 2.61. The number of amides is 3. The van der Waals surface area contributed by atoms with Crippen molar-refractivity contribution in [2.75, 3.05) is 19.6 Å². The van der Waals surface area contributed by atoms with Crippen molar-refractivity contribution in [3.05, 3.63) is 0 Å². The molecule has 3 amide bonds. The molecule has 0 aromatic carbocycles. The number of hydrogen-bond donors (Lipinski definition) is 7. The topological polar surface area (TPSA) is 232 Å². The third kappa shape index (κ3) is 9.61. The van der Waals surface area contributed by atoms with E-state index in [1.54, 1.807) is 0 Å². The number of nitrogens with one attached hydrogen (secondary N) is 2. The summed E-state index contributed by atoms with van der Waals surface area (Å²) in [5, 5.41) is 14.3. The van der Waals surface area contributed by atoms with E-state index in [0.717, 1.165) is 12.8 Å². The third-order valence-corrected chi connectivity index (χ3v) is 5.44. The summed E-state index contributed by atoms with van der Waals surface area (Å²) in [7, 11) is 0. The Morgan fingerprint density at radius 2 is 1.82 bits per heavy atom. The van der Waals surface area contributed by atoms with Gasteiger partial charge in [0.05, 0.1) is 6.04 Å². The molecule has 0 aliphatic carbocycles. The number of nitrogens with two attached hydrogens (primary N) is 4. The lowest BCUT2D eigenvalue weighted by Gasteiger charge is -2.28. The number of unbranched alkanes of at least 4 members (excludes halogenated alkanes) is 1. The van der Waals surface area contributed by atoms with E-state index in [9.17, 15) is 24.3 Å². The normalized spacial score (nSPS) is 18.2. The Morgan fingerprint density at radius 1 is 1.12 bits per heavy atom. The molecule has 11 N–H and O–H groups in total. The molecule has 0 saturated carbocycles. The number of guanidine groups is 1. The van der Waals surface area contributed by atoms with Crippen LogP contribution in [0.1, 0.15) is 51.9 Å². The minimum atomic E-state index is -1.21. The maximum atomic E-state index is 12.8. The number of nitrogens with zero attached hydrogens (tertiary/aromatic N) is 2. The van der Waals surface area contributed by atoms with Crippen LogP contribution in [0.3, 0.4) is 0 Å². The van der Waals surface area contributed by atoms with Crippen molar-refractivity contribution in [3.8, 4) is 0 Å². The SMILES string of the molecule is C[C@H](NC(=O)[C@@H]1CCCN1C(=O)[C@@H](N)CCCCN)C(=O)N[C@@H](CCCN=C(N)N)C(=O)O. The Morgan fingerprint density at radius 3 is 2.42 bits per heavy atom. The number of aliphatic carboxylic acids is 1. The molecule has 0 aromatic rings. The first-order valence-corrected chi connectivity index (χ1v) is 11.2. The number of carboxylic acid groups (broad SMARTS) is 1. The monoisotopic (exact) mass is 470 g/mol. The fourth-order valence-corrected chi connectivity index (χ4v) is 3.58. The highest BCUT2D eigenvalue weighted by molar-refractivity contribution is 5.94. The number of carboxylic acids is 1. The first kappa shape index (κ1) is 28.1. The maximum absolute atomic E-state index is 12.8. The minimum absolute atomic E-state index is 0.0989. The summed E-state index contributed by atoms with van der Waals surface area (Å²) in [4.78, 5) is 54.6. The highest BCUT2D eigenvalue weighted by atomic mass is 16.4. The molecule has 1 heterocycles. The van der Waals surface area contributed by atoms with Crippen molar-refractivity contribution in [1.29, 1.82) is 0 Å². The summed E-state index contributed by atoms with van der Waals surface area (Å²) in [6.07, 6.45) is 3.55. The van der Waals surface area contributed by atoms with Gasteiger partial charge in [0.15, 0.2) is 5.96 Å². The zero-order chi connectivity index (χ0) is 25.0. The van der Waals surface area contributed by atoms with Gasteiger partial charge >= 0.3 is 5.97 Å². The summed E-state index contributed by atoms with van der Waals surface area (Å²) in [5.74, 6) is -2.72. The lowest BCUT2D eigenvalue weighted by atomic mass is 10.1. The zero-order valence-corrected chi connectivity index (χ0v) is 19.2. The minimum Gasteiger partial charge on any atom is -0.480 e. The summed E-state index contributed by atoms with van der Waals surface area (Å²) in [6.45, 7) is 2.62. The van der Waals surface area contributed by atoms with E-state index in [-0.39, 0.29) is 24.8 Å². The largest absolute Gasteiger partial charge is 0.480 e. The predicted octanol–water partition coefficient (Wildman–Crippen LogP) is -2.44. The Bertz CT molecular complexity index is 713. The Labute approximate surface area is 193 Å². The van der Waals surface area contributed by atoms with Crippen LogP contribution in [0.25, 0.3) is 0 Å². The second-order valence-corrected chi connectivity index (χ2v) is 8.16. The Kier molecular flexibility index (Phi) is 12.1. The second-order valence-electron chi connectivity index (χ2n) is 8.16. The predicted molar refractivity (Wildman–Crippen MR) is 123 cm³/mol. The summed E-state index contributed by atoms with van der Waals surface area (Å²) < 4.78 is 0. The van der Waals surface area contributed by atoms with Crippen LogP contribution in [0.15, 0.2) is 4.99 Å². The number of rotatable bonds is 14. The molecule has 0 bridgehead atoms. The number of carbonyl (C=O) groups is 4. The van der Waals surface area contributed by atoms with E-state index < -0.39 is 42.0 Å². The van der Waals surface area contributed by atoms with Crippen LogP contribution >= 0.6 is 0 Å². The summed E-state index contributed by atoms with van der Waals surface area (Å²) in [5.41, 5.74) is 21.9. The van der Waals surface area contributed by atoms with E-state index >= 15 is 0 Å². The van der Waals surface area contributed by atoms with E-state index in [2.05, 4.69) is 15.6 Å². The molecule has 4 atom stereocenters. The van der Waals surface area contributed by atoms with Gasteiger partial charge < -0.3 is 43.6 Å². The quantitative estimate of drug-likeness (QED) is 0.0810. The smallest absolute Gasteiger partial charge is 0.326 e. The van der Waals surface area contributed by atoms with Crippen LogP contribution in [-0.2, 0) is 19.2 Å². The number of hydrogen-bond acceptors (Lipinski definition) is 7. The van der Waals surface area contributed by atoms with Crippen LogP contribution < -0.4 is 33.6 Å². The number of aliphatic imine (C=N–C) groups is 1.